The highest BCUT2D eigenvalue weighted by Gasteiger charge is 2.25. The molecule has 2 amide bonds. The number of hydrogen-bond acceptors (Lipinski definition) is 4. The van der Waals surface area contributed by atoms with Gasteiger partial charge in [-0.3, -0.25) is 9.59 Å². The smallest absolute Gasteiger partial charge is 0.287 e. The minimum Gasteiger partial charge on any atom is -0.459 e. The maximum atomic E-state index is 12.6. The van der Waals surface area contributed by atoms with Gasteiger partial charge in [-0.05, 0) is 43.5 Å². The first kappa shape index (κ1) is 19.7. The molecule has 3 aromatic rings. The fourth-order valence-electron chi connectivity index (χ4n) is 3.19. The van der Waals surface area contributed by atoms with Gasteiger partial charge in [0.2, 0.25) is 5.91 Å². The van der Waals surface area contributed by atoms with Gasteiger partial charge in [0.25, 0.3) is 5.91 Å². The van der Waals surface area contributed by atoms with Gasteiger partial charge < -0.3 is 19.6 Å². The van der Waals surface area contributed by atoms with Crippen LogP contribution in [0.4, 0.5) is 0 Å². The Morgan fingerprint density at radius 3 is 2.68 bits per heavy atom. The highest BCUT2D eigenvalue weighted by molar-refractivity contribution is 5.95. The molecular formula is C21H26N4O3. The molecule has 0 saturated heterocycles. The van der Waals surface area contributed by atoms with E-state index in [0.717, 1.165) is 29.8 Å². The third-order valence-corrected chi connectivity index (χ3v) is 4.68. The molecule has 2 N–H and O–H groups in total. The molecule has 0 saturated carbocycles. The number of imidazole rings is 1. The van der Waals surface area contributed by atoms with Gasteiger partial charge in [-0.25, -0.2) is 4.98 Å². The van der Waals surface area contributed by atoms with Gasteiger partial charge in [0, 0.05) is 13.1 Å². The number of aryl methyl sites for hydroxylation is 2. The standard InChI is InChI=1S/C21H26N4O3/c1-14(2)19(24-20(26)18-10-6-13-28-18)21(27)22-11-7-12-25-15(3)23-16-8-4-5-9-17(16)25/h4-6,8-10,13-14,19H,7,11-12H2,1-3H3,(H,22,27)(H,24,26). The highest BCUT2D eigenvalue weighted by atomic mass is 16.3. The number of aromatic nitrogens is 2. The first-order valence-corrected chi connectivity index (χ1v) is 9.51. The number of carbonyl (C=O) groups excluding carboxylic acids is 2. The molecule has 28 heavy (non-hydrogen) atoms. The molecule has 0 fully saturated rings. The van der Waals surface area contributed by atoms with Crippen LogP contribution < -0.4 is 10.6 Å². The van der Waals surface area contributed by atoms with Crippen molar-refractivity contribution in [1.29, 1.82) is 0 Å². The van der Waals surface area contributed by atoms with Crippen LogP contribution in [0, 0.1) is 12.8 Å². The normalized spacial score (nSPS) is 12.3. The highest BCUT2D eigenvalue weighted by Crippen LogP contribution is 2.15. The molecule has 1 aromatic carbocycles. The quantitative estimate of drug-likeness (QED) is 0.586. The second-order valence-corrected chi connectivity index (χ2v) is 7.12. The number of hydrogen-bond donors (Lipinski definition) is 2. The van der Waals surface area contributed by atoms with Crippen LogP contribution in [0.2, 0.25) is 0 Å². The van der Waals surface area contributed by atoms with E-state index in [9.17, 15) is 9.59 Å². The fraction of sp³-hybridized carbons (Fsp3) is 0.381. The molecule has 148 valence electrons. The Morgan fingerprint density at radius 2 is 1.96 bits per heavy atom. The third-order valence-electron chi connectivity index (χ3n) is 4.68. The minimum atomic E-state index is -0.617. The Kier molecular flexibility index (Phi) is 6.13. The van der Waals surface area contributed by atoms with Crippen molar-refractivity contribution in [3.8, 4) is 0 Å². The van der Waals surface area contributed by atoms with Gasteiger partial charge in [-0.2, -0.15) is 0 Å². The fourth-order valence-corrected chi connectivity index (χ4v) is 3.19. The van der Waals surface area contributed by atoms with Crippen molar-refractivity contribution in [3.63, 3.8) is 0 Å². The summed E-state index contributed by atoms with van der Waals surface area (Å²) in [6.07, 6.45) is 2.20. The summed E-state index contributed by atoms with van der Waals surface area (Å²) >= 11 is 0. The predicted molar refractivity (Wildman–Crippen MR) is 107 cm³/mol. The topological polar surface area (TPSA) is 89.2 Å². The van der Waals surface area contributed by atoms with E-state index in [0.29, 0.717) is 6.54 Å². The van der Waals surface area contributed by atoms with Crippen molar-refractivity contribution < 1.29 is 14.0 Å². The zero-order valence-corrected chi connectivity index (χ0v) is 16.4. The van der Waals surface area contributed by atoms with Crippen LogP contribution in [-0.2, 0) is 11.3 Å². The molecule has 2 aromatic heterocycles. The van der Waals surface area contributed by atoms with E-state index in [1.165, 1.54) is 6.26 Å². The van der Waals surface area contributed by atoms with Gasteiger partial charge in [0.1, 0.15) is 11.9 Å². The SMILES string of the molecule is Cc1nc2ccccc2n1CCCNC(=O)C(NC(=O)c1ccco1)C(C)C. The molecule has 0 spiro atoms. The lowest BCUT2D eigenvalue weighted by molar-refractivity contribution is -0.123. The average Bonchev–Trinajstić information content (AvgIpc) is 3.30. The molecule has 0 bridgehead atoms. The van der Waals surface area contributed by atoms with Gasteiger partial charge in [-0.15, -0.1) is 0 Å². The largest absolute Gasteiger partial charge is 0.459 e. The molecule has 2 heterocycles. The Hall–Kier alpha value is -3.09. The predicted octanol–water partition coefficient (Wildman–Crippen LogP) is 2.90. The van der Waals surface area contributed by atoms with Crippen LogP contribution in [0.1, 0.15) is 36.6 Å². The number of amides is 2. The zero-order chi connectivity index (χ0) is 20.1. The van der Waals surface area contributed by atoms with Crippen LogP contribution in [0.15, 0.2) is 47.1 Å². The van der Waals surface area contributed by atoms with Crippen molar-refractivity contribution in [2.24, 2.45) is 5.92 Å². The lowest BCUT2D eigenvalue weighted by Gasteiger charge is -2.21. The lowest BCUT2D eigenvalue weighted by atomic mass is 10.0. The summed E-state index contributed by atoms with van der Waals surface area (Å²) in [4.78, 5) is 29.3. The summed E-state index contributed by atoms with van der Waals surface area (Å²) in [5.41, 5.74) is 2.07. The van der Waals surface area contributed by atoms with Gasteiger partial charge >= 0.3 is 0 Å². The Labute approximate surface area is 164 Å². The van der Waals surface area contributed by atoms with Crippen LogP contribution in [0.25, 0.3) is 11.0 Å². The van der Waals surface area contributed by atoms with E-state index in [1.54, 1.807) is 12.1 Å². The maximum Gasteiger partial charge on any atom is 0.287 e. The molecule has 0 radical (unpaired) electrons. The maximum absolute atomic E-state index is 12.6. The van der Waals surface area contributed by atoms with Crippen LogP contribution in [0.5, 0.6) is 0 Å². The third kappa shape index (κ3) is 4.42. The van der Waals surface area contributed by atoms with Gasteiger partial charge in [0.05, 0.1) is 17.3 Å². The van der Waals surface area contributed by atoms with Crippen molar-refractivity contribution >= 4 is 22.8 Å². The average molecular weight is 382 g/mol. The molecule has 7 heteroatoms. The zero-order valence-electron chi connectivity index (χ0n) is 16.4. The number of fused-ring (bicyclic) bond motifs is 1. The summed E-state index contributed by atoms with van der Waals surface area (Å²) in [5, 5.41) is 5.67. The summed E-state index contributed by atoms with van der Waals surface area (Å²) in [6.45, 7) is 7.06. The molecule has 1 unspecified atom stereocenters. The van der Waals surface area contributed by atoms with Crippen LogP contribution in [0.3, 0.4) is 0 Å². The van der Waals surface area contributed by atoms with E-state index >= 15 is 0 Å². The summed E-state index contributed by atoms with van der Waals surface area (Å²) in [7, 11) is 0. The Morgan fingerprint density at radius 1 is 1.18 bits per heavy atom. The van der Waals surface area contributed by atoms with Crippen LogP contribution in [-0.4, -0.2) is 34.0 Å². The molecule has 7 nitrogen and oxygen atoms in total. The van der Waals surface area contributed by atoms with E-state index in [-0.39, 0.29) is 23.5 Å². The molecular weight excluding hydrogens is 356 g/mol. The van der Waals surface area contributed by atoms with Crippen molar-refractivity contribution in [1.82, 2.24) is 20.2 Å². The van der Waals surface area contributed by atoms with Gasteiger partial charge in [0.15, 0.2) is 5.76 Å². The number of benzene rings is 1. The van der Waals surface area contributed by atoms with Gasteiger partial charge in [-0.1, -0.05) is 26.0 Å². The van der Waals surface area contributed by atoms with Crippen molar-refractivity contribution in [2.75, 3.05) is 6.54 Å². The van der Waals surface area contributed by atoms with E-state index in [1.807, 2.05) is 45.0 Å². The summed E-state index contributed by atoms with van der Waals surface area (Å²) in [6, 6.07) is 10.6. The first-order valence-electron chi connectivity index (χ1n) is 9.51. The number of furan rings is 1. The summed E-state index contributed by atoms with van der Waals surface area (Å²) in [5.74, 6) is 0.527. The second-order valence-electron chi connectivity index (χ2n) is 7.12. The second kappa shape index (κ2) is 8.73. The van der Waals surface area contributed by atoms with Crippen molar-refractivity contribution in [3.05, 3.63) is 54.2 Å². The molecule has 0 aliphatic rings. The minimum absolute atomic E-state index is 0.0428. The molecule has 3 rings (SSSR count). The molecule has 0 aliphatic carbocycles. The Balaban J connectivity index is 1.53. The molecule has 0 aliphatic heterocycles. The number of carbonyl (C=O) groups is 2. The van der Waals surface area contributed by atoms with E-state index in [2.05, 4.69) is 20.2 Å². The number of nitrogens with zero attached hydrogens (tertiary/aromatic N) is 2. The Bertz CT molecular complexity index is 944. The van der Waals surface area contributed by atoms with Crippen LogP contribution >= 0.6 is 0 Å². The van der Waals surface area contributed by atoms with Crippen molar-refractivity contribution in [2.45, 2.75) is 39.8 Å². The number of nitrogens with one attached hydrogen (secondary N) is 2. The summed E-state index contributed by atoms with van der Waals surface area (Å²) < 4.78 is 7.24. The number of rotatable bonds is 8. The number of para-hydroxylation sites is 2. The monoisotopic (exact) mass is 382 g/mol. The lowest BCUT2D eigenvalue weighted by Crippen LogP contribution is -2.49. The van der Waals surface area contributed by atoms with E-state index in [4.69, 9.17) is 4.42 Å². The van der Waals surface area contributed by atoms with E-state index < -0.39 is 6.04 Å². The molecule has 1 atom stereocenters. The first-order chi connectivity index (χ1) is 13.5.